The molecule has 2 aliphatic heterocycles. The number of ether oxygens (including phenoxy) is 3. The molecule has 0 unspecified atom stereocenters. The van der Waals surface area contributed by atoms with Gasteiger partial charge in [-0.25, -0.2) is 0 Å². The molecule has 3 heterocycles. The molecule has 6 heteroatoms. The molecule has 0 bridgehead atoms. The van der Waals surface area contributed by atoms with Crippen molar-refractivity contribution in [2.45, 2.75) is 31.7 Å². The molecule has 1 aromatic carbocycles. The first-order valence-corrected chi connectivity index (χ1v) is 9.42. The molecule has 140 valence electrons. The van der Waals surface area contributed by atoms with Gasteiger partial charge in [0.05, 0.1) is 33.0 Å². The first-order valence-electron chi connectivity index (χ1n) is 9.42. The van der Waals surface area contributed by atoms with Crippen molar-refractivity contribution in [1.82, 2.24) is 10.3 Å². The number of rotatable bonds is 4. The molecule has 26 heavy (non-hydrogen) atoms. The molecule has 2 aromatic rings. The number of hydrogen-bond acceptors (Lipinski definition) is 6. The lowest BCUT2D eigenvalue weighted by Gasteiger charge is -2.27. The Morgan fingerprint density at radius 3 is 2.73 bits per heavy atom. The van der Waals surface area contributed by atoms with Crippen molar-refractivity contribution in [3.8, 4) is 11.5 Å². The summed E-state index contributed by atoms with van der Waals surface area (Å²) in [6.45, 7) is 3.56. The lowest BCUT2D eigenvalue weighted by Crippen LogP contribution is -2.38. The number of pyridine rings is 1. The average Bonchev–Trinajstić information content (AvgIpc) is 2.93. The number of nitrogens with one attached hydrogen (secondary N) is 2. The average molecular weight is 357 g/mol. The molecule has 0 spiro atoms. The van der Waals surface area contributed by atoms with Crippen LogP contribution < -0.4 is 20.1 Å². The zero-order valence-electron chi connectivity index (χ0n) is 15.6. The Balaban J connectivity index is 1.86. The third-order valence-corrected chi connectivity index (χ3v) is 5.30. The van der Waals surface area contributed by atoms with Crippen LogP contribution in [0.4, 0.5) is 5.69 Å². The molecule has 1 fully saturated rings. The fourth-order valence-corrected chi connectivity index (χ4v) is 3.95. The highest BCUT2D eigenvalue weighted by Gasteiger charge is 2.22. The van der Waals surface area contributed by atoms with Gasteiger partial charge in [0.1, 0.15) is 0 Å². The number of piperidine rings is 1. The maximum atomic E-state index is 5.71. The van der Waals surface area contributed by atoms with Crippen LogP contribution in [0.2, 0.25) is 0 Å². The Hall–Kier alpha value is -2.05. The van der Waals surface area contributed by atoms with Crippen LogP contribution in [0.25, 0.3) is 10.9 Å². The summed E-state index contributed by atoms with van der Waals surface area (Å²) in [5.41, 5.74) is 4.54. The van der Waals surface area contributed by atoms with E-state index in [1.54, 1.807) is 14.2 Å². The minimum Gasteiger partial charge on any atom is -0.493 e. The summed E-state index contributed by atoms with van der Waals surface area (Å²) >= 11 is 0. The van der Waals surface area contributed by atoms with Crippen LogP contribution in [0, 0.1) is 0 Å². The van der Waals surface area contributed by atoms with Crippen molar-refractivity contribution in [3.63, 3.8) is 0 Å². The molecule has 1 aromatic heterocycles. The number of nitrogens with zero attached hydrogens (tertiary/aromatic N) is 1. The van der Waals surface area contributed by atoms with Gasteiger partial charge in [-0.1, -0.05) is 0 Å². The molecular weight excluding hydrogens is 330 g/mol. The minimum absolute atomic E-state index is 0.427. The number of fused-ring (bicyclic) bond motifs is 2. The van der Waals surface area contributed by atoms with E-state index in [1.165, 1.54) is 24.1 Å². The van der Waals surface area contributed by atoms with Crippen LogP contribution in [0.3, 0.4) is 0 Å². The molecule has 2 aliphatic rings. The molecule has 1 saturated heterocycles. The van der Waals surface area contributed by atoms with Gasteiger partial charge in [0.2, 0.25) is 0 Å². The van der Waals surface area contributed by atoms with Gasteiger partial charge in [0.25, 0.3) is 0 Å². The molecule has 6 nitrogen and oxygen atoms in total. The number of anilines is 1. The van der Waals surface area contributed by atoms with Gasteiger partial charge in [0, 0.05) is 41.8 Å². The van der Waals surface area contributed by atoms with Gasteiger partial charge < -0.3 is 24.8 Å². The Bertz CT molecular complexity index is 788. The number of hydrogen-bond donors (Lipinski definition) is 2. The number of aromatic nitrogens is 1. The van der Waals surface area contributed by atoms with E-state index in [-0.39, 0.29) is 0 Å². The zero-order valence-corrected chi connectivity index (χ0v) is 15.6. The highest BCUT2D eigenvalue weighted by atomic mass is 16.5. The summed E-state index contributed by atoms with van der Waals surface area (Å²) in [6.07, 6.45) is 4.10. The lowest BCUT2D eigenvalue weighted by molar-refractivity contribution is 0.146. The second-order valence-corrected chi connectivity index (χ2v) is 6.94. The quantitative estimate of drug-likeness (QED) is 0.877. The van der Waals surface area contributed by atoms with E-state index in [0.29, 0.717) is 11.8 Å². The number of benzene rings is 1. The SMILES string of the molecule is COc1cc2nc3c(c(N[C@@H]4CCCNC4)c2cc1OC)CCOCC3. The Morgan fingerprint density at radius 2 is 1.96 bits per heavy atom. The second-order valence-electron chi connectivity index (χ2n) is 6.94. The van der Waals surface area contributed by atoms with E-state index >= 15 is 0 Å². The highest BCUT2D eigenvalue weighted by Crippen LogP contribution is 2.38. The van der Waals surface area contributed by atoms with E-state index < -0.39 is 0 Å². The summed E-state index contributed by atoms with van der Waals surface area (Å²) in [4.78, 5) is 4.94. The molecule has 1 atom stereocenters. The Kier molecular flexibility index (Phi) is 5.13. The third kappa shape index (κ3) is 3.31. The molecule has 4 rings (SSSR count). The molecule has 0 amide bonds. The van der Waals surface area contributed by atoms with Crippen LogP contribution in [0.1, 0.15) is 24.1 Å². The maximum absolute atomic E-state index is 5.71. The van der Waals surface area contributed by atoms with Gasteiger partial charge >= 0.3 is 0 Å². The summed E-state index contributed by atoms with van der Waals surface area (Å²) < 4.78 is 16.7. The van der Waals surface area contributed by atoms with Crippen LogP contribution in [-0.2, 0) is 17.6 Å². The van der Waals surface area contributed by atoms with Crippen LogP contribution >= 0.6 is 0 Å². The predicted octanol–water partition coefficient (Wildman–Crippen LogP) is 2.53. The van der Waals surface area contributed by atoms with E-state index in [1.807, 2.05) is 12.1 Å². The fourth-order valence-electron chi connectivity index (χ4n) is 3.95. The Morgan fingerprint density at radius 1 is 1.15 bits per heavy atom. The van der Waals surface area contributed by atoms with Crippen molar-refractivity contribution in [2.24, 2.45) is 0 Å². The zero-order chi connectivity index (χ0) is 17.9. The van der Waals surface area contributed by atoms with Gasteiger partial charge in [-0.15, -0.1) is 0 Å². The van der Waals surface area contributed by atoms with Crippen molar-refractivity contribution in [3.05, 3.63) is 23.4 Å². The lowest BCUT2D eigenvalue weighted by atomic mass is 9.99. The maximum Gasteiger partial charge on any atom is 0.162 e. The highest BCUT2D eigenvalue weighted by molar-refractivity contribution is 5.96. The first-order chi connectivity index (χ1) is 12.8. The van der Waals surface area contributed by atoms with Crippen LogP contribution in [0.5, 0.6) is 11.5 Å². The van der Waals surface area contributed by atoms with Crippen molar-refractivity contribution in [1.29, 1.82) is 0 Å². The molecular formula is C20H27N3O3. The van der Waals surface area contributed by atoms with E-state index in [0.717, 1.165) is 61.5 Å². The monoisotopic (exact) mass is 357 g/mol. The van der Waals surface area contributed by atoms with Gasteiger partial charge in [-0.2, -0.15) is 0 Å². The summed E-state index contributed by atoms with van der Waals surface area (Å²) in [5, 5.41) is 8.39. The summed E-state index contributed by atoms with van der Waals surface area (Å²) in [5.74, 6) is 1.44. The van der Waals surface area contributed by atoms with E-state index in [9.17, 15) is 0 Å². The minimum atomic E-state index is 0.427. The largest absolute Gasteiger partial charge is 0.493 e. The summed E-state index contributed by atoms with van der Waals surface area (Å²) in [6, 6.07) is 4.45. The topological polar surface area (TPSA) is 64.6 Å². The van der Waals surface area contributed by atoms with E-state index in [4.69, 9.17) is 19.2 Å². The predicted molar refractivity (Wildman–Crippen MR) is 103 cm³/mol. The molecule has 0 saturated carbocycles. The Labute approximate surface area is 154 Å². The van der Waals surface area contributed by atoms with Gasteiger partial charge in [-0.3, -0.25) is 4.98 Å². The smallest absolute Gasteiger partial charge is 0.162 e. The fraction of sp³-hybridized carbons (Fsp3) is 0.550. The van der Waals surface area contributed by atoms with Crippen molar-refractivity contribution < 1.29 is 14.2 Å². The van der Waals surface area contributed by atoms with Crippen LogP contribution in [0.15, 0.2) is 12.1 Å². The van der Waals surface area contributed by atoms with Gasteiger partial charge in [-0.05, 0) is 37.4 Å². The normalized spacial score (nSPS) is 20.3. The molecule has 0 radical (unpaired) electrons. The van der Waals surface area contributed by atoms with Crippen molar-refractivity contribution in [2.75, 3.05) is 45.8 Å². The van der Waals surface area contributed by atoms with Crippen LogP contribution in [-0.4, -0.2) is 51.5 Å². The van der Waals surface area contributed by atoms with E-state index in [2.05, 4.69) is 10.6 Å². The number of methoxy groups -OCH3 is 2. The second kappa shape index (κ2) is 7.68. The molecule has 2 N–H and O–H groups in total. The third-order valence-electron chi connectivity index (χ3n) is 5.30. The summed E-state index contributed by atoms with van der Waals surface area (Å²) in [7, 11) is 3.33. The van der Waals surface area contributed by atoms with Crippen molar-refractivity contribution >= 4 is 16.6 Å². The first kappa shape index (κ1) is 17.4. The standard InChI is InChI=1S/C20H27N3O3/c1-24-18-10-15-17(11-19(18)25-2)23-16-6-9-26-8-5-14(16)20(15)22-13-4-3-7-21-12-13/h10-11,13,21H,3-9,12H2,1-2H3,(H,22,23)/t13-/m1/s1. The van der Waals surface area contributed by atoms with Gasteiger partial charge in [0.15, 0.2) is 11.5 Å². The molecule has 0 aliphatic carbocycles.